The second-order valence-electron chi connectivity index (χ2n) is 11.5. The van der Waals surface area contributed by atoms with Crippen molar-refractivity contribution in [3.05, 3.63) is 176 Å². The van der Waals surface area contributed by atoms with E-state index in [0.717, 1.165) is 49.8 Å². The average molecular weight is 871 g/mol. The molecule has 16 heteroatoms. The van der Waals surface area contributed by atoms with Crippen molar-refractivity contribution in [2.45, 2.75) is 19.0 Å². The monoisotopic (exact) mass is 867 g/mol. The number of halogens is 7. The maximum atomic E-state index is 6.02. The Kier molecular flexibility index (Phi) is 14.2. The first-order valence-electron chi connectivity index (χ1n) is 16.3. The van der Waals surface area contributed by atoms with E-state index in [2.05, 4.69) is 34.9 Å². The summed E-state index contributed by atoms with van der Waals surface area (Å²) in [5.41, 5.74) is 5.72. The van der Waals surface area contributed by atoms with Crippen molar-refractivity contribution in [1.29, 1.82) is 0 Å². The van der Waals surface area contributed by atoms with Crippen LogP contribution in [-0.4, -0.2) is 44.0 Å². The molecule has 6 heterocycles. The predicted molar refractivity (Wildman–Crippen MR) is 226 cm³/mol. The summed E-state index contributed by atoms with van der Waals surface area (Å²) in [6, 6.07) is 36.0. The Morgan fingerprint density at radius 3 is 1.18 bits per heavy atom. The van der Waals surface area contributed by atoms with Crippen LogP contribution in [0.2, 0.25) is 30.9 Å². The quantitative estimate of drug-likeness (QED) is 0.173. The summed E-state index contributed by atoms with van der Waals surface area (Å²) in [6.07, 6.45) is 4.66. The van der Waals surface area contributed by atoms with Crippen LogP contribution in [0, 0.1) is 0 Å². The lowest BCUT2D eigenvalue weighted by Crippen LogP contribution is -2.00. The van der Waals surface area contributed by atoms with Gasteiger partial charge in [-0.05, 0) is 36.4 Å². The summed E-state index contributed by atoms with van der Waals surface area (Å²) in [5, 5.41) is 5.62. The molecule has 9 nitrogen and oxygen atoms in total. The maximum Gasteiger partial charge on any atom is 0.166 e. The second kappa shape index (κ2) is 19.4. The molecule has 0 saturated heterocycles. The third-order valence-corrected chi connectivity index (χ3v) is 10.3. The van der Waals surface area contributed by atoms with E-state index >= 15 is 0 Å². The number of H-pyrrole nitrogens is 1. The molecule has 55 heavy (non-hydrogen) atoms. The van der Waals surface area contributed by atoms with Crippen LogP contribution in [0.4, 0.5) is 0 Å². The Balaban J connectivity index is 0.000000131. The van der Waals surface area contributed by atoms with Gasteiger partial charge in [-0.2, -0.15) is 0 Å². The van der Waals surface area contributed by atoms with Crippen LogP contribution < -0.4 is 0 Å². The number of rotatable bonds is 5. The number of alkyl halides is 1. The first-order valence-corrected chi connectivity index (χ1v) is 19.2. The second-order valence-corrected chi connectivity index (χ2v) is 14.0. The zero-order chi connectivity index (χ0) is 38.7. The SMILES string of the molecule is ClCc1ccc2ccccc2n1.Clc1nc[nH]c1Cl.Clc1ncn(Cc2ccc3ccccc3n2)c1Cl.Clc1ncn(Cc2ccc3ccccc3n2)c1Cl. The van der Waals surface area contributed by atoms with Crippen molar-refractivity contribution in [3.8, 4) is 0 Å². The molecular weight excluding hydrogens is 843 g/mol. The fourth-order valence-electron chi connectivity index (χ4n) is 5.09. The highest BCUT2D eigenvalue weighted by molar-refractivity contribution is 6.41. The Labute approximate surface area is 350 Å². The van der Waals surface area contributed by atoms with Gasteiger partial charge >= 0.3 is 0 Å². The molecule has 9 aromatic rings. The molecule has 1 N–H and O–H groups in total. The van der Waals surface area contributed by atoms with E-state index in [1.807, 2.05) is 109 Å². The summed E-state index contributed by atoms with van der Waals surface area (Å²) in [6.45, 7) is 1.12. The predicted octanol–water partition coefficient (Wildman–Crippen LogP) is 12.3. The van der Waals surface area contributed by atoms with Crippen molar-refractivity contribution in [2.24, 2.45) is 0 Å². The lowest BCUT2D eigenvalue weighted by atomic mass is 10.2. The number of aromatic nitrogens is 9. The van der Waals surface area contributed by atoms with Crippen LogP contribution in [0.3, 0.4) is 0 Å². The van der Waals surface area contributed by atoms with Crippen LogP contribution in [0.1, 0.15) is 17.1 Å². The number of nitrogens with one attached hydrogen (secondary N) is 1. The summed E-state index contributed by atoms with van der Waals surface area (Å²) in [7, 11) is 0. The van der Waals surface area contributed by atoms with Gasteiger partial charge in [0.2, 0.25) is 0 Å². The van der Waals surface area contributed by atoms with E-state index in [-0.39, 0.29) is 0 Å². The van der Waals surface area contributed by atoms with E-state index in [0.29, 0.717) is 49.9 Å². The van der Waals surface area contributed by atoms with Gasteiger partial charge in [-0.1, -0.05) is 142 Å². The number of imidazole rings is 3. The van der Waals surface area contributed by atoms with Gasteiger partial charge in [-0.3, -0.25) is 15.0 Å². The van der Waals surface area contributed by atoms with E-state index in [1.165, 1.54) is 6.33 Å². The van der Waals surface area contributed by atoms with Crippen molar-refractivity contribution < 1.29 is 0 Å². The maximum absolute atomic E-state index is 6.02. The largest absolute Gasteiger partial charge is 0.334 e. The Morgan fingerprint density at radius 2 is 0.855 bits per heavy atom. The molecule has 9 rings (SSSR count). The molecular formula is C39H28Cl7N9. The highest BCUT2D eigenvalue weighted by Gasteiger charge is 2.09. The summed E-state index contributed by atoms with van der Waals surface area (Å²) in [4.78, 5) is 27.6. The normalized spacial score (nSPS) is 10.7. The molecule has 278 valence electrons. The number of pyridine rings is 3. The summed E-state index contributed by atoms with van der Waals surface area (Å²) < 4.78 is 3.53. The van der Waals surface area contributed by atoms with Crippen LogP contribution in [0.5, 0.6) is 0 Å². The van der Waals surface area contributed by atoms with Gasteiger partial charge in [0.05, 0.1) is 71.6 Å². The number of fused-ring (bicyclic) bond motifs is 3. The first kappa shape index (κ1) is 40.2. The van der Waals surface area contributed by atoms with E-state index in [4.69, 9.17) is 81.2 Å². The van der Waals surface area contributed by atoms with Crippen LogP contribution in [-0.2, 0) is 19.0 Å². The lowest BCUT2D eigenvalue weighted by Gasteiger charge is -2.05. The molecule has 0 atom stereocenters. The number of hydrogen-bond donors (Lipinski definition) is 1. The van der Waals surface area contributed by atoms with Gasteiger partial charge in [0.25, 0.3) is 0 Å². The van der Waals surface area contributed by atoms with Gasteiger partial charge in [0.1, 0.15) is 15.5 Å². The third-order valence-electron chi connectivity index (χ3n) is 7.79. The van der Waals surface area contributed by atoms with Gasteiger partial charge in [0.15, 0.2) is 15.5 Å². The summed E-state index contributed by atoms with van der Waals surface area (Å²) in [5.74, 6) is 0.477. The fourth-order valence-corrected chi connectivity index (χ4v) is 6.05. The molecule has 0 spiro atoms. The van der Waals surface area contributed by atoms with Gasteiger partial charge in [-0.15, -0.1) is 11.6 Å². The molecule has 0 aliphatic rings. The Bertz CT molecular complexity index is 2520. The van der Waals surface area contributed by atoms with Crippen molar-refractivity contribution in [3.63, 3.8) is 0 Å². The van der Waals surface area contributed by atoms with Crippen LogP contribution in [0.15, 0.2) is 128 Å². The Hall–Kier alpha value is -4.45. The molecule has 0 radical (unpaired) electrons. The van der Waals surface area contributed by atoms with Crippen LogP contribution in [0.25, 0.3) is 32.7 Å². The number of nitrogens with zero attached hydrogens (tertiary/aromatic N) is 8. The standard InChI is InChI=1S/2C13H9Cl2N3.C10H8ClN.C3H2Cl2N2/c2*14-12-13(15)18(8-16-12)7-10-6-5-9-3-1-2-4-11(9)17-10;11-7-9-6-5-8-3-1-2-4-10(8)12-9;4-2-3(5)7-1-6-2/h2*1-6,8H,7H2;1-6H,7H2;1H,(H,6,7). The van der Waals surface area contributed by atoms with E-state index < -0.39 is 0 Å². The van der Waals surface area contributed by atoms with Crippen molar-refractivity contribution >= 4 is 114 Å². The zero-order valence-electron chi connectivity index (χ0n) is 28.5. The molecule has 0 fully saturated rings. The molecule has 0 aliphatic heterocycles. The highest BCUT2D eigenvalue weighted by Crippen LogP contribution is 2.22. The molecule has 3 aromatic carbocycles. The van der Waals surface area contributed by atoms with E-state index in [9.17, 15) is 0 Å². The first-order chi connectivity index (χ1) is 26.7. The topological polar surface area (TPSA) is 103 Å². The molecule has 0 unspecified atom stereocenters. The number of hydrogen-bond acceptors (Lipinski definition) is 6. The van der Waals surface area contributed by atoms with Crippen molar-refractivity contribution in [1.82, 2.24) is 44.0 Å². The fraction of sp³-hybridized carbons (Fsp3) is 0.0769. The van der Waals surface area contributed by atoms with E-state index in [1.54, 1.807) is 21.8 Å². The van der Waals surface area contributed by atoms with Gasteiger partial charge < -0.3 is 14.1 Å². The minimum atomic E-state index is 0.317. The Morgan fingerprint density at radius 1 is 0.455 bits per heavy atom. The van der Waals surface area contributed by atoms with Crippen LogP contribution >= 0.6 is 81.2 Å². The number of para-hydroxylation sites is 3. The molecule has 6 aromatic heterocycles. The zero-order valence-corrected chi connectivity index (χ0v) is 33.8. The van der Waals surface area contributed by atoms with Gasteiger partial charge in [-0.25, -0.2) is 15.0 Å². The average Bonchev–Trinajstić information content (AvgIpc) is 3.87. The summed E-state index contributed by atoms with van der Waals surface area (Å²) >= 11 is 40.0. The molecule has 0 aliphatic carbocycles. The molecule has 0 saturated carbocycles. The van der Waals surface area contributed by atoms with Gasteiger partial charge in [0, 0.05) is 16.2 Å². The number of aromatic amines is 1. The minimum absolute atomic E-state index is 0.317. The smallest absolute Gasteiger partial charge is 0.166 e. The molecule has 0 amide bonds. The highest BCUT2D eigenvalue weighted by atomic mass is 35.5. The van der Waals surface area contributed by atoms with Crippen molar-refractivity contribution in [2.75, 3.05) is 0 Å². The minimum Gasteiger partial charge on any atom is -0.334 e. The third kappa shape index (κ3) is 10.9. The molecule has 0 bridgehead atoms. The lowest BCUT2D eigenvalue weighted by molar-refractivity contribution is 0.778. The number of benzene rings is 3.